The molecular formula is C39H64N2O10. The molecule has 2 amide bonds. The maximum absolute atomic E-state index is 13.6. The van der Waals surface area contributed by atoms with Crippen LogP contribution < -0.4 is 15.2 Å². The van der Waals surface area contributed by atoms with Gasteiger partial charge >= 0.3 is 12.1 Å². The van der Waals surface area contributed by atoms with E-state index in [1.807, 2.05) is 32.0 Å². The van der Waals surface area contributed by atoms with Gasteiger partial charge in [-0.3, -0.25) is 19.3 Å². The van der Waals surface area contributed by atoms with Gasteiger partial charge in [-0.25, -0.2) is 4.79 Å². The van der Waals surface area contributed by atoms with E-state index in [2.05, 4.69) is 13.8 Å². The van der Waals surface area contributed by atoms with Crippen molar-refractivity contribution < 1.29 is 47.6 Å². The molecule has 51 heavy (non-hydrogen) atoms. The second-order valence-corrected chi connectivity index (χ2v) is 16.0. The van der Waals surface area contributed by atoms with Crippen molar-refractivity contribution in [1.82, 2.24) is 4.90 Å². The van der Waals surface area contributed by atoms with Gasteiger partial charge < -0.3 is 34.2 Å². The van der Waals surface area contributed by atoms with Crippen LogP contribution in [0.5, 0.6) is 11.5 Å². The predicted molar refractivity (Wildman–Crippen MR) is 194 cm³/mol. The number of methoxy groups -OCH3 is 2. The van der Waals surface area contributed by atoms with Crippen molar-refractivity contribution in [1.29, 1.82) is 0 Å². The molecule has 2 rings (SSSR count). The molecule has 1 fully saturated rings. The lowest BCUT2D eigenvalue weighted by atomic mass is 9.78. The molecule has 0 spiro atoms. The van der Waals surface area contributed by atoms with Crippen LogP contribution in [0, 0.1) is 34.5 Å². The fraction of sp³-hybridized carbons (Fsp3) is 0.744. The Kier molecular flexibility index (Phi) is 17.2. The smallest absolute Gasteiger partial charge is 0.414 e. The molecule has 1 aromatic carbocycles. The van der Waals surface area contributed by atoms with Gasteiger partial charge in [0.1, 0.15) is 12.5 Å². The average Bonchev–Trinajstić information content (AvgIpc) is 3.45. The Labute approximate surface area is 305 Å². The summed E-state index contributed by atoms with van der Waals surface area (Å²) in [5.74, 6) is 0.376. The SMILES string of the molecule is COCCCOc1cc(C[C@@H](C[C@H]2[C@H](C[C@H](C(=O)CCC(C)(C)C(N)=O)C(C)C)OCN2C(=O)OCOC(=O)C(C)(C)C)C(C)C)ccc1OC. The Hall–Kier alpha value is -3.38. The Morgan fingerprint density at radius 3 is 2.20 bits per heavy atom. The van der Waals surface area contributed by atoms with Crippen LogP contribution in [0.4, 0.5) is 4.79 Å². The first-order valence-electron chi connectivity index (χ1n) is 18.2. The van der Waals surface area contributed by atoms with Gasteiger partial charge in [0.25, 0.3) is 0 Å². The minimum absolute atomic E-state index is 0.00115. The summed E-state index contributed by atoms with van der Waals surface area (Å²) in [7, 11) is 3.27. The largest absolute Gasteiger partial charge is 0.493 e. The van der Waals surface area contributed by atoms with Crippen LogP contribution >= 0.6 is 0 Å². The zero-order valence-electron chi connectivity index (χ0n) is 32.9. The van der Waals surface area contributed by atoms with Crippen LogP contribution in [0.15, 0.2) is 18.2 Å². The fourth-order valence-corrected chi connectivity index (χ4v) is 6.03. The predicted octanol–water partition coefficient (Wildman–Crippen LogP) is 6.55. The Morgan fingerprint density at radius 1 is 0.941 bits per heavy atom. The highest BCUT2D eigenvalue weighted by Crippen LogP contribution is 2.36. The normalized spacial score (nSPS) is 17.7. The lowest BCUT2D eigenvalue weighted by Gasteiger charge is -2.33. The van der Waals surface area contributed by atoms with Crippen molar-refractivity contribution in [2.45, 2.75) is 113 Å². The van der Waals surface area contributed by atoms with E-state index in [4.69, 9.17) is 34.2 Å². The molecule has 0 radical (unpaired) electrons. The molecule has 1 saturated heterocycles. The quantitative estimate of drug-likeness (QED) is 0.0841. The average molecular weight is 721 g/mol. The number of amides is 2. The van der Waals surface area contributed by atoms with E-state index in [0.717, 1.165) is 12.0 Å². The second-order valence-electron chi connectivity index (χ2n) is 16.0. The molecule has 290 valence electrons. The minimum Gasteiger partial charge on any atom is -0.493 e. The van der Waals surface area contributed by atoms with Gasteiger partial charge in [-0.2, -0.15) is 0 Å². The summed E-state index contributed by atoms with van der Waals surface area (Å²) in [5, 5.41) is 0. The molecular weight excluding hydrogens is 656 g/mol. The Balaban J connectivity index is 2.35. The van der Waals surface area contributed by atoms with Gasteiger partial charge in [-0.1, -0.05) is 47.6 Å². The molecule has 2 N–H and O–H groups in total. The highest BCUT2D eigenvalue weighted by Gasteiger charge is 2.43. The number of carbonyl (C=O) groups is 4. The molecule has 1 aliphatic heterocycles. The number of hydrogen-bond acceptors (Lipinski definition) is 10. The van der Waals surface area contributed by atoms with E-state index < -0.39 is 47.7 Å². The number of benzene rings is 1. The van der Waals surface area contributed by atoms with Gasteiger partial charge in [0, 0.05) is 37.9 Å². The Morgan fingerprint density at radius 2 is 1.63 bits per heavy atom. The number of carbonyl (C=O) groups excluding carboxylic acids is 4. The number of nitrogens with zero attached hydrogens (tertiary/aromatic N) is 1. The van der Waals surface area contributed by atoms with Crippen LogP contribution in [-0.4, -0.2) is 81.8 Å². The number of primary amides is 1. The summed E-state index contributed by atoms with van der Waals surface area (Å²) in [5.41, 5.74) is 5.08. The van der Waals surface area contributed by atoms with Crippen LogP contribution in [-0.2, 0) is 39.8 Å². The fourth-order valence-electron chi connectivity index (χ4n) is 6.03. The minimum atomic E-state index is -0.804. The third-order valence-electron chi connectivity index (χ3n) is 9.81. The number of ketones is 1. The zero-order chi connectivity index (χ0) is 38.5. The maximum Gasteiger partial charge on any atom is 0.414 e. The molecule has 1 aromatic rings. The summed E-state index contributed by atoms with van der Waals surface area (Å²) in [6.45, 7) is 17.5. The van der Waals surface area contributed by atoms with E-state index in [1.54, 1.807) is 53.7 Å². The van der Waals surface area contributed by atoms with Gasteiger partial charge in [0.05, 0.1) is 31.3 Å². The summed E-state index contributed by atoms with van der Waals surface area (Å²) in [4.78, 5) is 52.9. The van der Waals surface area contributed by atoms with E-state index in [9.17, 15) is 19.2 Å². The highest BCUT2D eigenvalue weighted by atomic mass is 16.7. The van der Waals surface area contributed by atoms with E-state index in [0.29, 0.717) is 50.4 Å². The molecule has 1 heterocycles. The summed E-state index contributed by atoms with van der Waals surface area (Å²) in [6.07, 6.45) is 1.86. The van der Waals surface area contributed by atoms with Crippen LogP contribution in [0.2, 0.25) is 0 Å². The van der Waals surface area contributed by atoms with Gasteiger partial charge in [0.15, 0.2) is 11.5 Å². The molecule has 12 nitrogen and oxygen atoms in total. The number of ether oxygens (including phenoxy) is 6. The second kappa shape index (κ2) is 20.0. The van der Waals surface area contributed by atoms with Gasteiger partial charge in [0.2, 0.25) is 12.7 Å². The molecule has 0 saturated carbocycles. The topological polar surface area (TPSA) is 153 Å². The Bertz CT molecular complexity index is 1290. The van der Waals surface area contributed by atoms with Crippen molar-refractivity contribution in [3.05, 3.63) is 23.8 Å². The van der Waals surface area contributed by atoms with E-state index >= 15 is 0 Å². The van der Waals surface area contributed by atoms with Gasteiger partial charge in [-0.05, 0) is 81.9 Å². The van der Waals surface area contributed by atoms with Crippen LogP contribution in [0.3, 0.4) is 0 Å². The molecule has 0 bridgehead atoms. The molecule has 0 aliphatic carbocycles. The molecule has 4 atom stereocenters. The molecule has 12 heteroatoms. The van der Waals surface area contributed by atoms with Crippen molar-refractivity contribution in [2.24, 2.45) is 40.2 Å². The number of nitrogens with two attached hydrogens (primary N) is 1. The van der Waals surface area contributed by atoms with Crippen molar-refractivity contribution in [2.75, 3.05) is 41.0 Å². The van der Waals surface area contributed by atoms with Crippen molar-refractivity contribution in [3.63, 3.8) is 0 Å². The number of rotatable bonds is 21. The van der Waals surface area contributed by atoms with Crippen molar-refractivity contribution >= 4 is 23.8 Å². The summed E-state index contributed by atoms with van der Waals surface area (Å²) < 4.78 is 33.7. The molecule has 0 unspecified atom stereocenters. The maximum atomic E-state index is 13.6. The van der Waals surface area contributed by atoms with Gasteiger partial charge in [-0.15, -0.1) is 0 Å². The van der Waals surface area contributed by atoms with Crippen LogP contribution in [0.25, 0.3) is 0 Å². The van der Waals surface area contributed by atoms with Crippen LogP contribution in [0.1, 0.15) is 100.0 Å². The monoisotopic (exact) mass is 720 g/mol. The third kappa shape index (κ3) is 13.6. The number of esters is 1. The highest BCUT2D eigenvalue weighted by molar-refractivity contribution is 5.84. The summed E-state index contributed by atoms with van der Waals surface area (Å²) >= 11 is 0. The zero-order valence-corrected chi connectivity index (χ0v) is 32.9. The van der Waals surface area contributed by atoms with Crippen molar-refractivity contribution in [3.8, 4) is 11.5 Å². The molecule has 1 aliphatic rings. The first kappa shape index (κ1) is 43.8. The summed E-state index contributed by atoms with van der Waals surface area (Å²) in [6, 6.07) is 5.51. The lowest BCUT2D eigenvalue weighted by Crippen LogP contribution is -2.43. The van der Waals surface area contributed by atoms with E-state index in [1.165, 1.54) is 0 Å². The molecule has 0 aromatic heterocycles. The third-order valence-corrected chi connectivity index (χ3v) is 9.81. The first-order chi connectivity index (χ1) is 23.8. The number of hydrogen-bond donors (Lipinski definition) is 1. The lowest BCUT2D eigenvalue weighted by molar-refractivity contribution is -0.162. The standard InChI is InChI=1S/C39H64N2O10/c1-25(2)28(19-27-13-14-32(47-11)34(20-27)48-18-12-17-46-10)21-30-33(22-29(26(3)4)31(42)15-16-39(8,9)35(40)43)49-23-41(30)37(45)51-24-50-36(44)38(5,6)7/h13-14,20,25-26,28-30,33H,12,15-19,21-24H2,1-11H3,(H2,40,43)/t28-,29-,30-,33-/m0/s1. The van der Waals surface area contributed by atoms with E-state index in [-0.39, 0.29) is 42.6 Å². The first-order valence-corrected chi connectivity index (χ1v) is 18.2. The number of Topliss-reactive ketones (excluding diaryl/α,β-unsaturated/α-hetero) is 1.